The number of carbonyl (C=O) groups is 2. The van der Waals surface area contributed by atoms with Crippen molar-refractivity contribution in [1.29, 1.82) is 0 Å². The summed E-state index contributed by atoms with van der Waals surface area (Å²) in [6.07, 6.45) is 0.276. The van der Waals surface area contributed by atoms with E-state index in [0.29, 0.717) is 23.4 Å². The molecule has 0 aliphatic heterocycles. The quantitative estimate of drug-likeness (QED) is 0.637. The van der Waals surface area contributed by atoms with Crippen LogP contribution in [0.2, 0.25) is 0 Å². The van der Waals surface area contributed by atoms with Gasteiger partial charge in [-0.15, -0.1) is 11.6 Å². The van der Waals surface area contributed by atoms with Crippen LogP contribution in [-0.2, 0) is 21.8 Å². The van der Waals surface area contributed by atoms with E-state index in [1.165, 1.54) is 0 Å². The van der Waals surface area contributed by atoms with Crippen molar-refractivity contribution in [3.63, 3.8) is 0 Å². The Morgan fingerprint density at radius 2 is 2.11 bits per heavy atom. The number of hydrogen-bond acceptors (Lipinski definition) is 3. The average molecular weight is 271 g/mol. The van der Waals surface area contributed by atoms with Crippen molar-refractivity contribution < 1.29 is 19.4 Å². The lowest BCUT2D eigenvalue weighted by Crippen LogP contribution is -2.10. The molecule has 0 fully saturated rings. The number of carboxylic acid groups (broad SMARTS) is 1. The fourth-order valence-electron chi connectivity index (χ4n) is 1.57. The van der Waals surface area contributed by atoms with E-state index in [1.54, 1.807) is 25.1 Å². The van der Waals surface area contributed by atoms with Gasteiger partial charge in [-0.2, -0.15) is 0 Å². The molecule has 0 aliphatic carbocycles. The van der Waals surface area contributed by atoms with Gasteiger partial charge in [-0.25, -0.2) is 4.79 Å². The second kappa shape index (κ2) is 7.01. The van der Waals surface area contributed by atoms with Crippen molar-refractivity contribution >= 4 is 23.5 Å². The third kappa shape index (κ3) is 4.04. The Morgan fingerprint density at radius 3 is 2.67 bits per heavy atom. The average Bonchev–Trinajstić information content (AvgIpc) is 2.36. The highest BCUT2D eigenvalue weighted by Gasteiger charge is 2.14. The number of hydrogen-bond donors (Lipinski definition) is 1. The zero-order valence-electron chi connectivity index (χ0n) is 10.1. The summed E-state index contributed by atoms with van der Waals surface area (Å²) in [5, 5.41) is 8.67. The molecule has 4 nitrogen and oxygen atoms in total. The molecule has 1 N–H and O–H groups in total. The second-order valence-electron chi connectivity index (χ2n) is 3.74. The molecule has 1 aromatic rings. The van der Waals surface area contributed by atoms with Crippen molar-refractivity contribution in [3.05, 3.63) is 34.9 Å². The van der Waals surface area contributed by atoms with Crippen LogP contribution >= 0.6 is 11.6 Å². The first-order valence-corrected chi connectivity index (χ1v) is 6.18. The summed E-state index contributed by atoms with van der Waals surface area (Å²) in [4.78, 5) is 22.3. The standard InChI is InChI=1S/C13H15ClO4/c1-2-18-13(17)11-7-9(8-14)3-4-10(11)5-6-12(15)16/h3-4,7H,2,5-6,8H2,1H3,(H,15,16). The molecule has 0 radical (unpaired) electrons. The summed E-state index contributed by atoms with van der Waals surface area (Å²) in [7, 11) is 0. The molecule has 5 heteroatoms. The fraction of sp³-hybridized carbons (Fsp3) is 0.385. The van der Waals surface area contributed by atoms with Crippen LogP contribution in [0.3, 0.4) is 0 Å². The maximum Gasteiger partial charge on any atom is 0.338 e. The number of ether oxygens (including phenoxy) is 1. The molecule has 0 saturated carbocycles. The predicted molar refractivity (Wildman–Crippen MR) is 67.9 cm³/mol. The third-order valence-electron chi connectivity index (χ3n) is 2.43. The van der Waals surface area contributed by atoms with E-state index in [4.69, 9.17) is 21.4 Å². The zero-order valence-corrected chi connectivity index (χ0v) is 10.9. The first kappa shape index (κ1) is 14.5. The zero-order chi connectivity index (χ0) is 13.5. The number of rotatable bonds is 6. The molecule has 1 aromatic carbocycles. The van der Waals surface area contributed by atoms with E-state index in [-0.39, 0.29) is 13.0 Å². The molecule has 0 amide bonds. The highest BCUT2D eigenvalue weighted by molar-refractivity contribution is 6.17. The van der Waals surface area contributed by atoms with Gasteiger partial charge in [0.25, 0.3) is 0 Å². The molecule has 0 unspecified atom stereocenters. The Labute approximate surface area is 111 Å². The summed E-state index contributed by atoms with van der Waals surface area (Å²) >= 11 is 5.71. The number of alkyl halides is 1. The molecular weight excluding hydrogens is 256 g/mol. The van der Waals surface area contributed by atoms with E-state index in [1.807, 2.05) is 0 Å². The number of halogens is 1. The Hall–Kier alpha value is -1.55. The normalized spacial score (nSPS) is 10.1. The number of esters is 1. The van der Waals surface area contributed by atoms with Gasteiger partial charge in [0.2, 0.25) is 0 Å². The maximum absolute atomic E-state index is 11.8. The van der Waals surface area contributed by atoms with Gasteiger partial charge in [0.1, 0.15) is 0 Å². The van der Waals surface area contributed by atoms with Crippen molar-refractivity contribution in [1.82, 2.24) is 0 Å². The van der Waals surface area contributed by atoms with Crippen molar-refractivity contribution in [2.24, 2.45) is 0 Å². The fourth-order valence-corrected chi connectivity index (χ4v) is 1.73. The number of carbonyl (C=O) groups excluding carboxylic acids is 1. The van der Waals surface area contributed by atoms with Gasteiger partial charge < -0.3 is 9.84 Å². The minimum atomic E-state index is -0.897. The molecule has 0 bridgehead atoms. The number of aryl methyl sites for hydroxylation is 1. The van der Waals surface area contributed by atoms with Crippen LogP contribution in [0.5, 0.6) is 0 Å². The Balaban J connectivity index is 2.99. The molecular formula is C13H15ClO4. The summed E-state index contributed by atoms with van der Waals surface area (Å²) < 4.78 is 4.95. The lowest BCUT2D eigenvalue weighted by Gasteiger charge is -2.09. The predicted octanol–water partition coefficient (Wildman–Crippen LogP) is 2.62. The van der Waals surface area contributed by atoms with Crippen molar-refractivity contribution in [3.8, 4) is 0 Å². The first-order valence-electron chi connectivity index (χ1n) is 5.65. The van der Waals surface area contributed by atoms with Gasteiger partial charge >= 0.3 is 11.9 Å². The van der Waals surface area contributed by atoms with Crippen LogP contribution in [0, 0.1) is 0 Å². The molecule has 0 aliphatic rings. The van der Waals surface area contributed by atoms with Gasteiger partial charge in [-0.3, -0.25) is 4.79 Å². The molecule has 1 rings (SSSR count). The maximum atomic E-state index is 11.8. The molecule has 0 saturated heterocycles. The summed E-state index contributed by atoms with van der Waals surface area (Å²) in [5.74, 6) is -1.04. The SMILES string of the molecule is CCOC(=O)c1cc(CCl)ccc1CCC(=O)O. The lowest BCUT2D eigenvalue weighted by atomic mass is 10.0. The van der Waals surface area contributed by atoms with E-state index in [2.05, 4.69) is 0 Å². The van der Waals surface area contributed by atoms with Gasteiger partial charge in [0.15, 0.2) is 0 Å². The summed E-state index contributed by atoms with van der Waals surface area (Å²) in [5.41, 5.74) is 1.87. The largest absolute Gasteiger partial charge is 0.481 e. The lowest BCUT2D eigenvalue weighted by molar-refractivity contribution is -0.136. The third-order valence-corrected chi connectivity index (χ3v) is 2.74. The van der Waals surface area contributed by atoms with Crippen molar-refractivity contribution in [2.45, 2.75) is 25.6 Å². The van der Waals surface area contributed by atoms with Crippen molar-refractivity contribution in [2.75, 3.05) is 6.61 Å². The number of benzene rings is 1. The van der Waals surface area contributed by atoms with E-state index in [0.717, 1.165) is 5.56 Å². The highest BCUT2D eigenvalue weighted by atomic mass is 35.5. The summed E-state index contributed by atoms with van der Waals surface area (Å²) in [6.45, 7) is 2.00. The van der Waals surface area contributed by atoms with Crippen LogP contribution in [-0.4, -0.2) is 23.7 Å². The number of carboxylic acids is 1. The van der Waals surface area contributed by atoms with Crippen LogP contribution in [0.1, 0.15) is 34.8 Å². The minimum Gasteiger partial charge on any atom is -0.481 e. The van der Waals surface area contributed by atoms with Gasteiger partial charge in [-0.05, 0) is 30.5 Å². The van der Waals surface area contributed by atoms with E-state index >= 15 is 0 Å². The summed E-state index contributed by atoms with van der Waals surface area (Å²) in [6, 6.07) is 5.17. The molecule has 0 aromatic heterocycles. The van der Waals surface area contributed by atoms with Gasteiger partial charge in [0, 0.05) is 12.3 Å². The second-order valence-corrected chi connectivity index (χ2v) is 4.01. The topological polar surface area (TPSA) is 63.6 Å². The van der Waals surface area contributed by atoms with Gasteiger partial charge in [0.05, 0.1) is 12.2 Å². The highest BCUT2D eigenvalue weighted by Crippen LogP contribution is 2.17. The Kier molecular flexibility index (Phi) is 5.65. The first-order chi connectivity index (χ1) is 8.58. The Morgan fingerprint density at radius 1 is 1.39 bits per heavy atom. The molecule has 98 valence electrons. The smallest absolute Gasteiger partial charge is 0.338 e. The molecule has 18 heavy (non-hydrogen) atoms. The molecule has 0 atom stereocenters. The van der Waals surface area contributed by atoms with Gasteiger partial charge in [-0.1, -0.05) is 12.1 Å². The molecule has 0 spiro atoms. The van der Waals surface area contributed by atoms with E-state index < -0.39 is 11.9 Å². The van der Waals surface area contributed by atoms with Crippen LogP contribution in [0.15, 0.2) is 18.2 Å². The van der Waals surface area contributed by atoms with Crippen LogP contribution < -0.4 is 0 Å². The Bertz CT molecular complexity index is 443. The monoisotopic (exact) mass is 270 g/mol. The van der Waals surface area contributed by atoms with Crippen LogP contribution in [0.25, 0.3) is 0 Å². The molecule has 0 heterocycles. The minimum absolute atomic E-state index is 0.0212. The van der Waals surface area contributed by atoms with Crippen LogP contribution in [0.4, 0.5) is 0 Å². The number of aliphatic carboxylic acids is 1. The van der Waals surface area contributed by atoms with E-state index in [9.17, 15) is 9.59 Å².